The number of anilines is 1. The number of nitriles is 1. The van der Waals surface area contributed by atoms with Crippen molar-refractivity contribution in [1.29, 1.82) is 5.26 Å². The maximum Gasteiger partial charge on any atom is 0.195 e. The minimum atomic E-state index is -1.61. The number of benzene rings is 2. The Bertz CT molecular complexity index is 1360. The third kappa shape index (κ3) is 3.99. The summed E-state index contributed by atoms with van der Waals surface area (Å²) in [6, 6.07) is 13.1. The predicted molar refractivity (Wildman–Crippen MR) is 121 cm³/mol. The van der Waals surface area contributed by atoms with Crippen molar-refractivity contribution in [2.24, 2.45) is 0 Å². The van der Waals surface area contributed by atoms with Crippen LogP contribution in [0.15, 0.2) is 48.7 Å². The smallest absolute Gasteiger partial charge is 0.195 e. The normalized spacial score (nSPS) is 13.6. The molecule has 0 aliphatic carbocycles. The van der Waals surface area contributed by atoms with E-state index in [0.717, 1.165) is 49.7 Å². The van der Waals surface area contributed by atoms with Crippen LogP contribution in [0.1, 0.15) is 5.56 Å². The molecule has 0 spiro atoms. The molecule has 10 heteroatoms. The highest BCUT2D eigenvalue weighted by Gasteiger charge is 2.20. The number of nitrogens with zero attached hydrogens (tertiary/aromatic N) is 5. The van der Waals surface area contributed by atoms with Crippen LogP contribution in [0.4, 0.5) is 18.9 Å². The zero-order valence-corrected chi connectivity index (χ0v) is 18.0. The number of rotatable bonds is 3. The van der Waals surface area contributed by atoms with Crippen LogP contribution in [-0.4, -0.2) is 40.9 Å². The Hall–Kier alpha value is -3.61. The lowest BCUT2D eigenvalue weighted by atomic mass is 10.0. The summed E-state index contributed by atoms with van der Waals surface area (Å²) >= 11 is 0. The van der Waals surface area contributed by atoms with Gasteiger partial charge in [-0.2, -0.15) is 10.4 Å². The van der Waals surface area contributed by atoms with Crippen LogP contribution >= 0.6 is 12.4 Å². The summed E-state index contributed by atoms with van der Waals surface area (Å²) in [5, 5.41) is 17.8. The quantitative estimate of drug-likeness (QED) is 0.454. The van der Waals surface area contributed by atoms with E-state index in [1.165, 1.54) is 6.07 Å². The fraction of sp³-hybridized carbons (Fsp3) is 0.174. The average molecular weight is 471 g/mol. The molecule has 33 heavy (non-hydrogen) atoms. The molecule has 0 atom stereocenters. The molecule has 2 aromatic heterocycles. The number of piperazine rings is 1. The summed E-state index contributed by atoms with van der Waals surface area (Å²) in [5.41, 5.74) is 1.87. The monoisotopic (exact) mass is 470 g/mol. The van der Waals surface area contributed by atoms with Crippen molar-refractivity contribution in [3.05, 3.63) is 71.7 Å². The van der Waals surface area contributed by atoms with Crippen LogP contribution in [0.25, 0.3) is 28.0 Å². The molecule has 0 unspecified atom stereocenters. The fourth-order valence-electron chi connectivity index (χ4n) is 3.87. The number of hydrogen-bond donors (Lipinski definition) is 1. The molecule has 0 amide bonds. The van der Waals surface area contributed by atoms with Crippen molar-refractivity contribution in [1.82, 2.24) is 20.1 Å². The Morgan fingerprint density at radius 3 is 2.33 bits per heavy atom. The van der Waals surface area contributed by atoms with E-state index in [1.54, 1.807) is 10.9 Å². The van der Waals surface area contributed by atoms with Crippen molar-refractivity contribution in [2.75, 3.05) is 31.1 Å². The van der Waals surface area contributed by atoms with Gasteiger partial charge in [0, 0.05) is 42.8 Å². The molecule has 1 aliphatic heterocycles. The molecule has 3 heterocycles. The van der Waals surface area contributed by atoms with Gasteiger partial charge in [0.15, 0.2) is 23.1 Å². The topological polar surface area (TPSA) is 69.8 Å². The van der Waals surface area contributed by atoms with Crippen molar-refractivity contribution >= 4 is 29.1 Å². The SMILES string of the molecule is Cl.N#Cc1cc2cnn(-c3ccc(N4CCNCC4)cc3)c2nc1-c1ccc(F)c(F)c1F. The van der Waals surface area contributed by atoms with E-state index >= 15 is 0 Å². The summed E-state index contributed by atoms with van der Waals surface area (Å²) in [4.78, 5) is 6.71. The average Bonchev–Trinajstić information content (AvgIpc) is 3.25. The molecule has 6 nitrogen and oxygen atoms in total. The van der Waals surface area contributed by atoms with E-state index < -0.39 is 17.5 Å². The lowest BCUT2D eigenvalue weighted by Gasteiger charge is -2.29. The van der Waals surface area contributed by atoms with E-state index in [4.69, 9.17) is 0 Å². The second kappa shape index (κ2) is 9.10. The van der Waals surface area contributed by atoms with Gasteiger partial charge < -0.3 is 10.2 Å². The number of pyridine rings is 1. The Morgan fingerprint density at radius 1 is 0.939 bits per heavy atom. The van der Waals surface area contributed by atoms with Crippen molar-refractivity contribution in [3.63, 3.8) is 0 Å². The van der Waals surface area contributed by atoms with Crippen molar-refractivity contribution in [2.45, 2.75) is 0 Å². The number of fused-ring (bicyclic) bond motifs is 1. The van der Waals surface area contributed by atoms with Gasteiger partial charge in [-0.05, 0) is 42.5 Å². The van der Waals surface area contributed by atoms with Gasteiger partial charge in [-0.15, -0.1) is 12.4 Å². The number of halogens is 4. The number of aromatic nitrogens is 3. The number of nitrogens with one attached hydrogen (secondary N) is 1. The van der Waals surface area contributed by atoms with Crippen molar-refractivity contribution in [3.8, 4) is 23.0 Å². The van der Waals surface area contributed by atoms with Crippen LogP contribution in [0.3, 0.4) is 0 Å². The first-order valence-corrected chi connectivity index (χ1v) is 10.1. The standard InChI is InChI=1S/C23H17F3N6.ClH/c24-19-6-5-18(20(25)21(19)26)22-14(12-27)11-15-13-29-32(23(15)30-22)17-3-1-16(2-4-17)31-9-7-28-8-10-31;/h1-6,11,13,28H,7-10H2;1H. The molecule has 0 bridgehead atoms. The van der Waals surface area contributed by atoms with E-state index in [9.17, 15) is 18.4 Å². The van der Waals surface area contributed by atoms with Gasteiger partial charge in [-0.3, -0.25) is 0 Å². The molecule has 0 saturated carbocycles. The van der Waals surface area contributed by atoms with Crippen molar-refractivity contribution < 1.29 is 13.2 Å². The minimum Gasteiger partial charge on any atom is -0.369 e. The van der Waals surface area contributed by atoms with Crippen LogP contribution in [0.5, 0.6) is 0 Å². The predicted octanol–water partition coefficient (Wildman–Crippen LogP) is 4.21. The third-order valence-corrected chi connectivity index (χ3v) is 5.53. The maximum absolute atomic E-state index is 14.4. The number of hydrogen-bond acceptors (Lipinski definition) is 5. The highest BCUT2D eigenvalue weighted by Crippen LogP contribution is 2.30. The summed E-state index contributed by atoms with van der Waals surface area (Å²) < 4.78 is 43.2. The summed E-state index contributed by atoms with van der Waals surface area (Å²) in [6.45, 7) is 3.71. The van der Waals surface area contributed by atoms with E-state index in [1.807, 2.05) is 30.3 Å². The Balaban J connectivity index is 0.00000259. The van der Waals surface area contributed by atoms with Gasteiger partial charge in [0.1, 0.15) is 6.07 Å². The molecule has 0 radical (unpaired) electrons. The molecule has 1 fully saturated rings. The highest BCUT2D eigenvalue weighted by molar-refractivity contribution is 5.85. The molecule has 168 valence electrons. The molecule has 5 rings (SSSR count). The Labute approximate surface area is 193 Å². The van der Waals surface area contributed by atoms with Gasteiger partial charge in [0.25, 0.3) is 0 Å². The van der Waals surface area contributed by atoms with Gasteiger partial charge in [-0.25, -0.2) is 22.8 Å². The largest absolute Gasteiger partial charge is 0.369 e. The Morgan fingerprint density at radius 2 is 1.64 bits per heavy atom. The lowest BCUT2D eigenvalue weighted by Crippen LogP contribution is -2.43. The second-order valence-electron chi connectivity index (χ2n) is 7.44. The molecule has 1 saturated heterocycles. The Kier molecular flexibility index (Phi) is 6.22. The summed E-state index contributed by atoms with van der Waals surface area (Å²) in [5.74, 6) is -4.30. The van der Waals surface area contributed by atoms with Gasteiger partial charge in [0.2, 0.25) is 0 Å². The molecule has 2 aromatic carbocycles. The first kappa shape index (κ1) is 22.6. The van der Waals surface area contributed by atoms with Crippen LogP contribution < -0.4 is 10.2 Å². The molecular formula is C23H18ClF3N6. The molecule has 1 aliphatic rings. The molecule has 1 N–H and O–H groups in total. The second-order valence-corrected chi connectivity index (χ2v) is 7.44. The first-order valence-electron chi connectivity index (χ1n) is 10.1. The van der Waals surface area contributed by atoms with Crippen LogP contribution in [0.2, 0.25) is 0 Å². The van der Waals surface area contributed by atoms with E-state index in [-0.39, 0.29) is 29.2 Å². The maximum atomic E-state index is 14.4. The summed E-state index contributed by atoms with van der Waals surface area (Å²) in [6.07, 6.45) is 1.55. The van der Waals surface area contributed by atoms with Gasteiger partial charge in [-0.1, -0.05) is 0 Å². The van der Waals surface area contributed by atoms with E-state index in [2.05, 4.69) is 20.3 Å². The highest BCUT2D eigenvalue weighted by atomic mass is 35.5. The lowest BCUT2D eigenvalue weighted by molar-refractivity contribution is 0.449. The minimum absolute atomic E-state index is 0. The zero-order valence-electron chi connectivity index (χ0n) is 17.2. The fourth-order valence-corrected chi connectivity index (χ4v) is 3.87. The molecule has 4 aromatic rings. The summed E-state index contributed by atoms with van der Waals surface area (Å²) in [7, 11) is 0. The van der Waals surface area contributed by atoms with Gasteiger partial charge in [0.05, 0.1) is 23.1 Å². The third-order valence-electron chi connectivity index (χ3n) is 5.53. The molecular weight excluding hydrogens is 453 g/mol. The zero-order chi connectivity index (χ0) is 22.2. The van der Waals surface area contributed by atoms with Gasteiger partial charge >= 0.3 is 0 Å². The first-order chi connectivity index (χ1) is 15.6. The van der Waals surface area contributed by atoms with Crippen LogP contribution in [0, 0.1) is 28.8 Å². The van der Waals surface area contributed by atoms with E-state index in [0.29, 0.717) is 11.0 Å². The van der Waals surface area contributed by atoms with Crippen LogP contribution in [-0.2, 0) is 0 Å².